The Morgan fingerprint density at radius 3 is 2.49 bits per heavy atom. The van der Waals surface area contributed by atoms with Gasteiger partial charge in [0.1, 0.15) is 12.7 Å². The monoisotopic (exact) mass is 467 g/mol. The normalized spacial score (nSPS) is 14.4. The summed E-state index contributed by atoms with van der Waals surface area (Å²) in [5.74, 6) is 0.654. The van der Waals surface area contributed by atoms with Crippen molar-refractivity contribution >= 4 is 34.1 Å². The van der Waals surface area contributed by atoms with Crippen LogP contribution in [0.2, 0.25) is 0 Å². The molecular weight excluding hydrogens is 442 g/mol. The molecule has 1 unspecified atom stereocenters. The van der Waals surface area contributed by atoms with E-state index in [-0.39, 0.29) is 17.9 Å². The van der Waals surface area contributed by atoms with Crippen LogP contribution in [0.5, 0.6) is 11.5 Å². The molecule has 1 aliphatic rings. The van der Waals surface area contributed by atoms with E-state index in [1.807, 2.05) is 51.1 Å². The van der Waals surface area contributed by atoms with Crippen molar-refractivity contribution in [1.82, 2.24) is 4.98 Å². The van der Waals surface area contributed by atoms with Gasteiger partial charge in [0.15, 0.2) is 11.5 Å². The molecule has 7 nitrogen and oxygen atoms in total. The highest BCUT2D eigenvalue weighted by Crippen LogP contribution is 2.33. The molecule has 0 fully saturated rings. The van der Waals surface area contributed by atoms with Gasteiger partial charge in [0.25, 0.3) is 11.8 Å². The second-order valence-electron chi connectivity index (χ2n) is 8.70. The maximum absolute atomic E-state index is 13.0. The number of benzene rings is 3. The van der Waals surface area contributed by atoms with Gasteiger partial charge in [-0.25, -0.2) is 0 Å². The summed E-state index contributed by atoms with van der Waals surface area (Å²) in [6.45, 7) is 6.22. The van der Waals surface area contributed by atoms with Crippen molar-refractivity contribution in [2.24, 2.45) is 0 Å². The van der Waals surface area contributed by atoms with Crippen LogP contribution in [0.15, 0.2) is 66.7 Å². The Morgan fingerprint density at radius 1 is 0.857 bits per heavy atom. The predicted molar refractivity (Wildman–Crippen MR) is 136 cm³/mol. The summed E-state index contributed by atoms with van der Waals surface area (Å²) in [5, 5.41) is 6.74. The van der Waals surface area contributed by atoms with Crippen LogP contribution < -0.4 is 20.1 Å². The lowest BCUT2D eigenvalue weighted by Crippen LogP contribution is -2.26. The zero-order valence-electron chi connectivity index (χ0n) is 19.7. The minimum absolute atomic E-state index is 0.0768. The van der Waals surface area contributed by atoms with Crippen LogP contribution in [0.3, 0.4) is 0 Å². The largest absolute Gasteiger partial charge is 0.486 e. The van der Waals surface area contributed by atoms with Crippen LogP contribution in [0, 0.1) is 13.8 Å². The summed E-state index contributed by atoms with van der Waals surface area (Å²) in [6, 6.07) is 19.8. The molecule has 35 heavy (non-hydrogen) atoms. The third-order valence-electron chi connectivity index (χ3n) is 5.84. The number of nitrogens with one attached hydrogen (secondary N) is 2. The summed E-state index contributed by atoms with van der Waals surface area (Å²) >= 11 is 0. The minimum Gasteiger partial charge on any atom is -0.486 e. The molecule has 2 amide bonds. The number of anilines is 2. The van der Waals surface area contributed by atoms with E-state index in [0.717, 1.165) is 22.2 Å². The van der Waals surface area contributed by atoms with E-state index in [4.69, 9.17) is 9.47 Å². The van der Waals surface area contributed by atoms with Crippen LogP contribution >= 0.6 is 0 Å². The highest BCUT2D eigenvalue weighted by molar-refractivity contribution is 6.08. The lowest BCUT2D eigenvalue weighted by atomic mass is 10.1. The first-order valence-corrected chi connectivity index (χ1v) is 11.4. The van der Waals surface area contributed by atoms with E-state index in [0.29, 0.717) is 40.6 Å². The summed E-state index contributed by atoms with van der Waals surface area (Å²) < 4.78 is 11.4. The van der Waals surface area contributed by atoms with E-state index in [1.165, 1.54) is 0 Å². The SMILES string of the molecule is Cc1ccc2cc(C(=O)Nc3cc(NC(=O)c4ccc5c(c4)OC(C)CO5)ccc3C)ccc2n1. The molecule has 2 heterocycles. The Balaban J connectivity index is 1.32. The lowest BCUT2D eigenvalue weighted by molar-refractivity contribution is 0.0998. The van der Waals surface area contributed by atoms with Gasteiger partial charge in [-0.2, -0.15) is 0 Å². The van der Waals surface area contributed by atoms with Crippen molar-refractivity contribution < 1.29 is 19.1 Å². The zero-order valence-corrected chi connectivity index (χ0v) is 19.7. The molecule has 1 aliphatic heterocycles. The molecule has 0 radical (unpaired) electrons. The minimum atomic E-state index is -0.284. The quantitative estimate of drug-likeness (QED) is 0.413. The molecule has 176 valence electrons. The maximum Gasteiger partial charge on any atom is 0.255 e. The Labute approximate surface area is 203 Å². The van der Waals surface area contributed by atoms with Crippen molar-refractivity contribution in [2.45, 2.75) is 26.9 Å². The van der Waals surface area contributed by atoms with Gasteiger partial charge in [0.2, 0.25) is 0 Å². The van der Waals surface area contributed by atoms with Gasteiger partial charge in [0.05, 0.1) is 5.52 Å². The summed E-state index contributed by atoms with van der Waals surface area (Å²) in [6.07, 6.45) is -0.0768. The molecule has 5 rings (SSSR count). The zero-order chi connectivity index (χ0) is 24.5. The van der Waals surface area contributed by atoms with Gasteiger partial charge in [-0.1, -0.05) is 12.1 Å². The number of carbonyl (C=O) groups excluding carboxylic acids is 2. The second-order valence-corrected chi connectivity index (χ2v) is 8.70. The number of ether oxygens (including phenoxy) is 2. The lowest BCUT2D eigenvalue weighted by Gasteiger charge is -2.24. The average Bonchev–Trinajstić information content (AvgIpc) is 2.85. The first-order valence-electron chi connectivity index (χ1n) is 11.4. The number of hydrogen-bond donors (Lipinski definition) is 2. The van der Waals surface area contributed by atoms with Crippen LogP contribution in [-0.4, -0.2) is 29.5 Å². The predicted octanol–water partition coefficient (Wildman–Crippen LogP) is 5.52. The van der Waals surface area contributed by atoms with Crippen molar-refractivity contribution in [3.05, 3.63) is 89.1 Å². The number of hydrogen-bond acceptors (Lipinski definition) is 5. The summed E-state index contributed by atoms with van der Waals surface area (Å²) in [7, 11) is 0. The fourth-order valence-electron chi connectivity index (χ4n) is 3.92. The maximum atomic E-state index is 13.0. The van der Waals surface area contributed by atoms with E-state index < -0.39 is 0 Å². The third kappa shape index (κ3) is 4.80. The number of carbonyl (C=O) groups is 2. The molecule has 0 saturated carbocycles. The summed E-state index contributed by atoms with van der Waals surface area (Å²) in [4.78, 5) is 30.3. The summed E-state index contributed by atoms with van der Waals surface area (Å²) in [5.41, 5.74) is 4.81. The first-order chi connectivity index (χ1) is 16.9. The van der Waals surface area contributed by atoms with Gasteiger partial charge >= 0.3 is 0 Å². The third-order valence-corrected chi connectivity index (χ3v) is 5.84. The topological polar surface area (TPSA) is 89.6 Å². The fourth-order valence-corrected chi connectivity index (χ4v) is 3.92. The van der Waals surface area contributed by atoms with Crippen molar-refractivity contribution in [3.63, 3.8) is 0 Å². The second kappa shape index (κ2) is 9.10. The molecular formula is C28H25N3O4. The smallest absolute Gasteiger partial charge is 0.255 e. The number of aromatic nitrogens is 1. The van der Waals surface area contributed by atoms with Crippen LogP contribution in [0.4, 0.5) is 11.4 Å². The van der Waals surface area contributed by atoms with Gasteiger partial charge < -0.3 is 20.1 Å². The number of rotatable bonds is 4. The number of nitrogens with zero attached hydrogens (tertiary/aromatic N) is 1. The Bertz CT molecular complexity index is 1460. The van der Waals surface area contributed by atoms with Gasteiger partial charge in [-0.3, -0.25) is 14.6 Å². The van der Waals surface area contributed by atoms with E-state index >= 15 is 0 Å². The highest BCUT2D eigenvalue weighted by Gasteiger charge is 2.19. The van der Waals surface area contributed by atoms with Gasteiger partial charge in [-0.05, 0) is 80.9 Å². The average molecular weight is 468 g/mol. The molecule has 0 bridgehead atoms. The Hall–Kier alpha value is -4.39. The van der Waals surface area contributed by atoms with Crippen LogP contribution in [0.1, 0.15) is 38.9 Å². The number of pyridine rings is 1. The first kappa shape index (κ1) is 22.4. The molecule has 0 saturated heterocycles. The number of fused-ring (bicyclic) bond motifs is 2. The van der Waals surface area contributed by atoms with Crippen LogP contribution in [0.25, 0.3) is 10.9 Å². The van der Waals surface area contributed by atoms with Gasteiger partial charge in [0, 0.05) is 33.6 Å². The molecule has 1 atom stereocenters. The van der Waals surface area contributed by atoms with Crippen molar-refractivity contribution in [2.75, 3.05) is 17.2 Å². The molecule has 2 N–H and O–H groups in total. The van der Waals surface area contributed by atoms with E-state index in [9.17, 15) is 9.59 Å². The fraction of sp³-hybridized carbons (Fsp3) is 0.179. The number of aryl methyl sites for hydroxylation is 2. The molecule has 0 aliphatic carbocycles. The van der Waals surface area contributed by atoms with Crippen molar-refractivity contribution in [1.29, 1.82) is 0 Å². The van der Waals surface area contributed by atoms with E-state index in [2.05, 4.69) is 15.6 Å². The van der Waals surface area contributed by atoms with E-state index in [1.54, 1.807) is 36.4 Å². The van der Waals surface area contributed by atoms with Crippen molar-refractivity contribution in [3.8, 4) is 11.5 Å². The molecule has 1 aromatic heterocycles. The Morgan fingerprint density at radius 2 is 1.63 bits per heavy atom. The van der Waals surface area contributed by atoms with Gasteiger partial charge in [-0.15, -0.1) is 0 Å². The Kier molecular flexibility index (Phi) is 5.82. The molecule has 4 aromatic rings. The van der Waals surface area contributed by atoms with Crippen LogP contribution in [-0.2, 0) is 0 Å². The highest BCUT2D eigenvalue weighted by atomic mass is 16.6. The molecule has 7 heteroatoms. The molecule has 0 spiro atoms. The number of amides is 2. The molecule has 3 aromatic carbocycles. The standard InChI is InChI=1S/C28H25N3O4/c1-16-4-9-22(30-27(32)21-8-11-25-26(13-21)35-18(3)15-34-25)14-24(16)31-28(33)20-7-10-23-19(12-20)6-5-17(2)29-23/h4-14,18H,15H2,1-3H3,(H,30,32)(H,31,33).